The smallest absolute Gasteiger partial charge is 0.0910 e. The van der Waals surface area contributed by atoms with Crippen LogP contribution in [0.3, 0.4) is 0 Å². The highest BCUT2D eigenvalue weighted by molar-refractivity contribution is 6.31. The first-order chi connectivity index (χ1) is 8.54. The van der Waals surface area contributed by atoms with Crippen molar-refractivity contribution < 1.29 is 0 Å². The molecule has 2 aromatic heterocycles. The van der Waals surface area contributed by atoms with Gasteiger partial charge in [0.1, 0.15) is 0 Å². The van der Waals surface area contributed by atoms with E-state index in [9.17, 15) is 0 Å². The summed E-state index contributed by atoms with van der Waals surface area (Å²) in [5.41, 5.74) is 6.50. The monoisotopic (exact) mass is 265 g/mol. The second-order valence-electron chi connectivity index (χ2n) is 4.23. The molecule has 0 amide bonds. The summed E-state index contributed by atoms with van der Waals surface area (Å²) in [6, 6.07) is 3.74. The van der Waals surface area contributed by atoms with Crippen molar-refractivity contribution in [3.8, 4) is 0 Å². The molecule has 3 N–H and O–H groups in total. The van der Waals surface area contributed by atoms with Crippen LogP contribution in [0.1, 0.15) is 28.7 Å². The summed E-state index contributed by atoms with van der Waals surface area (Å²) in [5.74, 6) is 5.66. The molecule has 1 unspecified atom stereocenters. The van der Waals surface area contributed by atoms with E-state index in [1.807, 2.05) is 33.0 Å². The van der Waals surface area contributed by atoms with E-state index in [2.05, 4.69) is 15.5 Å². The molecule has 0 aromatic carbocycles. The van der Waals surface area contributed by atoms with Crippen LogP contribution in [0.4, 0.5) is 0 Å². The van der Waals surface area contributed by atoms with Gasteiger partial charge < -0.3 is 0 Å². The molecule has 0 bridgehead atoms. The van der Waals surface area contributed by atoms with Crippen molar-refractivity contribution in [1.29, 1.82) is 0 Å². The molecule has 0 saturated carbocycles. The lowest BCUT2D eigenvalue weighted by molar-refractivity contribution is 0.571. The van der Waals surface area contributed by atoms with Crippen molar-refractivity contribution in [2.24, 2.45) is 12.9 Å². The second kappa shape index (κ2) is 5.06. The highest BCUT2D eigenvalue weighted by Crippen LogP contribution is 2.28. The zero-order chi connectivity index (χ0) is 13.3. The molecule has 2 aromatic rings. The first-order valence-electron chi connectivity index (χ1n) is 5.62. The Bertz CT molecular complexity index is 544. The van der Waals surface area contributed by atoms with E-state index in [4.69, 9.17) is 17.4 Å². The molecular formula is C12H16ClN5. The van der Waals surface area contributed by atoms with Gasteiger partial charge in [-0.2, -0.15) is 5.10 Å². The molecule has 0 aliphatic carbocycles. The van der Waals surface area contributed by atoms with Gasteiger partial charge in [0.25, 0.3) is 0 Å². The lowest BCUT2D eigenvalue weighted by Crippen LogP contribution is -2.31. The topological polar surface area (TPSA) is 68.8 Å². The van der Waals surface area contributed by atoms with Crippen LogP contribution >= 0.6 is 11.6 Å². The van der Waals surface area contributed by atoms with E-state index in [0.717, 1.165) is 22.6 Å². The molecule has 0 saturated heterocycles. The van der Waals surface area contributed by atoms with Gasteiger partial charge in [-0.15, -0.1) is 0 Å². The van der Waals surface area contributed by atoms with Gasteiger partial charge in [-0.1, -0.05) is 17.7 Å². The number of hydrogen-bond donors (Lipinski definition) is 2. The summed E-state index contributed by atoms with van der Waals surface area (Å²) in [7, 11) is 1.84. The first-order valence-corrected chi connectivity index (χ1v) is 6.00. The van der Waals surface area contributed by atoms with E-state index in [1.54, 1.807) is 10.9 Å². The Morgan fingerprint density at radius 2 is 2.11 bits per heavy atom. The van der Waals surface area contributed by atoms with E-state index >= 15 is 0 Å². The molecule has 0 fully saturated rings. The Hall–Kier alpha value is -1.43. The molecule has 96 valence electrons. The number of aryl methyl sites for hydroxylation is 3. The van der Waals surface area contributed by atoms with Gasteiger partial charge in [0.15, 0.2) is 0 Å². The van der Waals surface area contributed by atoms with Crippen LogP contribution < -0.4 is 11.3 Å². The minimum atomic E-state index is -0.224. The van der Waals surface area contributed by atoms with Gasteiger partial charge >= 0.3 is 0 Å². The summed E-state index contributed by atoms with van der Waals surface area (Å²) in [6.07, 6.45) is 1.61. The number of nitrogens with two attached hydrogens (primary N) is 1. The minimum absolute atomic E-state index is 0.224. The van der Waals surface area contributed by atoms with Crippen molar-refractivity contribution in [2.45, 2.75) is 19.9 Å². The summed E-state index contributed by atoms with van der Waals surface area (Å²) in [6.45, 7) is 3.91. The fourth-order valence-corrected chi connectivity index (χ4v) is 2.34. The van der Waals surface area contributed by atoms with Gasteiger partial charge in [0.05, 0.1) is 23.0 Å². The number of pyridine rings is 1. The van der Waals surface area contributed by atoms with Crippen LogP contribution in [-0.2, 0) is 7.05 Å². The highest BCUT2D eigenvalue weighted by atomic mass is 35.5. The average molecular weight is 266 g/mol. The standard InChI is InChI=1S/C12H16ClN5/c1-7-4-5-9(8(2)16-7)11(17-14)12-10(13)6-15-18(12)3/h4-6,11,17H,14H2,1-3H3. The van der Waals surface area contributed by atoms with Crippen molar-refractivity contribution in [3.05, 3.63) is 46.0 Å². The van der Waals surface area contributed by atoms with Crippen molar-refractivity contribution in [3.63, 3.8) is 0 Å². The molecular weight excluding hydrogens is 250 g/mol. The van der Waals surface area contributed by atoms with Gasteiger partial charge in [0, 0.05) is 18.4 Å². The fraction of sp³-hybridized carbons (Fsp3) is 0.333. The quantitative estimate of drug-likeness (QED) is 0.654. The molecule has 0 aliphatic rings. The highest BCUT2D eigenvalue weighted by Gasteiger charge is 2.21. The maximum absolute atomic E-state index is 6.15. The van der Waals surface area contributed by atoms with E-state index in [1.165, 1.54) is 0 Å². The van der Waals surface area contributed by atoms with Gasteiger partial charge in [-0.05, 0) is 25.5 Å². The molecule has 2 rings (SSSR count). The van der Waals surface area contributed by atoms with Gasteiger partial charge in [-0.3, -0.25) is 15.5 Å². The number of hydrogen-bond acceptors (Lipinski definition) is 4. The zero-order valence-electron chi connectivity index (χ0n) is 10.6. The van der Waals surface area contributed by atoms with Crippen molar-refractivity contribution in [2.75, 3.05) is 0 Å². The summed E-state index contributed by atoms with van der Waals surface area (Å²) >= 11 is 6.15. The van der Waals surface area contributed by atoms with Gasteiger partial charge in [0.2, 0.25) is 0 Å². The van der Waals surface area contributed by atoms with Gasteiger partial charge in [-0.25, -0.2) is 5.43 Å². The fourth-order valence-electron chi connectivity index (χ4n) is 2.06. The number of aromatic nitrogens is 3. The molecule has 0 spiro atoms. The largest absolute Gasteiger partial charge is 0.271 e. The summed E-state index contributed by atoms with van der Waals surface area (Å²) < 4.78 is 1.71. The Balaban J connectivity index is 2.52. The lowest BCUT2D eigenvalue weighted by atomic mass is 10.0. The summed E-state index contributed by atoms with van der Waals surface area (Å²) in [4.78, 5) is 4.44. The molecule has 0 radical (unpaired) electrons. The molecule has 6 heteroatoms. The lowest BCUT2D eigenvalue weighted by Gasteiger charge is -2.19. The molecule has 18 heavy (non-hydrogen) atoms. The van der Waals surface area contributed by atoms with Crippen LogP contribution in [0.2, 0.25) is 5.02 Å². The molecule has 2 heterocycles. The third kappa shape index (κ3) is 2.25. The Kier molecular flexibility index (Phi) is 3.65. The Morgan fingerprint density at radius 1 is 1.39 bits per heavy atom. The summed E-state index contributed by atoms with van der Waals surface area (Å²) in [5, 5.41) is 4.71. The van der Waals surface area contributed by atoms with Crippen molar-refractivity contribution >= 4 is 11.6 Å². The SMILES string of the molecule is Cc1ccc(C(NN)c2c(Cl)cnn2C)c(C)n1. The van der Waals surface area contributed by atoms with Crippen LogP contribution in [-0.4, -0.2) is 14.8 Å². The minimum Gasteiger partial charge on any atom is -0.271 e. The normalized spacial score (nSPS) is 12.7. The Morgan fingerprint density at radius 3 is 2.61 bits per heavy atom. The first kappa shape index (κ1) is 13.0. The molecule has 5 nitrogen and oxygen atoms in total. The van der Waals surface area contributed by atoms with E-state index in [0.29, 0.717) is 5.02 Å². The molecule has 0 aliphatic heterocycles. The van der Waals surface area contributed by atoms with E-state index < -0.39 is 0 Å². The third-order valence-electron chi connectivity index (χ3n) is 2.95. The predicted molar refractivity (Wildman–Crippen MR) is 71.1 cm³/mol. The third-order valence-corrected chi connectivity index (χ3v) is 3.25. The second-order valence-corrected chi connectivity index (χ2v) is 4.64. The maximum Gasteiger partial charge on any atom is 0.0910 e. The number of halogens is 1. The van der Waals surface area contributed by atoms with Crippen LogP contribution in [0, 0.1) is 13.8 Å². The van der Waals surface area contributed by atoms with Crippen LogP contribution in [0.15, 0.2) is 18.3 Å². The number of nitrogens with one attached hydrogen (secondary N) is 1. The Labute approximate surface area is 111 Å². The maximum atomic E-state index is 6.15. The average Bonchev–Trinajstić information content (AvgIpc) is 2.64. The zero-order valence-corrected chi connectivity index (χ0v) is 11.4. The van der Waals surface area contributed by atoms with Crippen LogP contribution in [0.25, 0.3) is 0 Å². The number of rotatable bonds is 3. The number of hydrazine groups is 1. The van der Waals surface area contributed by atoms with E-state index in [-0.39, 0.29) is 6.04 Å². The predicted octanol–water partition coefficient (Wildman–Crippen LogP) is 1.64. The number of nitrogens with zero attached hydrogens (tertiary/aromatic N) is 3. The van der Waals surface area contributed by atoms with Crippen LogP contribution in [0.5, 0.6) is 0 Å². The van der Waals surface area contributed by atoms with Crippen molar-refractivity contribution in [1.82, 2.24) is 20.2 Å². The molecule has 1 atom stereocenters.